The van der Waals surface area contributed by atoms with E-state index in [0.717, 1.165) is 16.8 Å². The molecule has 8 nitrogen and oxygen atoms in total. The molecule has 3 aliphatic heterocycles. The minimum atomic E-state index is -1.28. The normalized spacial score (nSPS) is 26.2. The second-order valence-electron chi connectivity index (χ2n) is 13.2. The molecule has 8 heteroatoms. The molecule has 1 N–H and O–H groups in total. The molecule has 6 rings (SSSR count). The van der Waals surface area contributed by atoms with Crippen LogP contribution in [0.25, 0.3) is 0 Å². The number of aryl methyl sites for hydroxylation is 2. The van der Waals surface area contributed by atoms with E-state index in [9.17, 15) is 9.90 Å². The summed E-state index contributed by atoms with van der Waals surface area (Å²) in [5, 5.41) is 11.0. The Hall–Kier alpha value is -4.53. The Balaban J connectivity index is 1.54. The Bertz CT molecular complexity index is 1690. The maximum absolute atomic E-state index is 15.3. The van der Waals surface area contributed by atoms with Crippen LogP contribution in [0, 0.1) is 25.7 Å². The third kappa shape index (κ3) is 5.09. The van der Waals surface area contributed by atoms with Gasteiger partial charge in [-0.2, -0.15) is 0 Å². The molecule has 3 saturated heterocycles. The topological polar surface area (TPSA) is 90.4 Å². The molecule has 250 valence electrons. The van der Waals surface area contributed by atoms with Gasteiger partial charge < -0.3 is 24.5 Å². The van der Waals surface area contributed by atoms with Crippen LogP contribution in [0.3, 0.4) is 0 Å². The standard InChI is InChI=1S/C40H45N3O5/c1-6-24-41(30-20-13-10-14-21-30)36(45)32-33-37(46)43(31(26-44)29-18-11-9-12-19-29)35(40(33)23-22-39(32,8-3)48-40)38(47)42(25-7-2)34-27(4)16-15-17-28(34)5/h6-7,9-21,31-33,35,44H,1-2,8,22-26H2,3-5H3/t31-,32+,33+,35?,39-,40?/m1/s1. The zero-order chi connectivity index (χ0) is 34.2. The average molecular weight is 648 g/mol. The van der Waals surface area contributed by atoms with Crippen LogP contribution >= 0.6 is 0 Å². The zero-order valence-electron chi connectivity index (χ0n) is 28.0. The maximum atomic E-state index is 15.3. The number of ether oxygens (including phenoxy) is 1. The van der Waals surface area contributed by atoms with E-state index < -0.39 is 41.7 Å². The fourth-order valence-electron chi connectivity index (χ4n) is 8.70. The molecule has 3 aromatic carbocycles. The van der Waals surface area contributed by atoms with Gasteiger partial charge in [-0.25, -0.2) is 0 Å². The molecular formula is C40H45N3O5. The van der Waals surface area contributed by atoms with Gasteiger partial charge in [-0.05, 0) is 61.9 Å². The van der Waals surface area contributed by atoms with Gasteiger partial charge in [0.2, 0.25) is 11.8 Å². The number of hydrogen-bond acceptors (Lipinski definition) is 5. The van der Waals surface area contributed by atoms with Crippen LogP contribution in [0.2, 0.25) is 0 Å². The van der Waals surface area contributed by atoms with E-state index in [-0.39, 0.29) is 30.8 Å². The van der Waals surface area contributed by atoms with Crippen molar-refractivity contribution in [1.29, 1.82) is 0 Å². The molecule has 2 bridgehead atoms. The molecule has 0 saturated carbocycles. The lowest BCUT2D eigenvalue weighted by Crippen LogP contribution is -2.57. The van der Waals surface area contributed by atoms with Crippen LogP contribution in [0.4, 0.5) is 11.4 Å². The Morgan fingerprint density at radius 3 is 2.10 bits per heavy atom. The number of hydrogen-bond donors (Lipinski definition) is 1. The van der Waals surface area contributed by atoms with Crippen molar-refractivity contribution in [2.24, 2.45) is 11.8 Å². The predicted octanol–water partition coefficient (Wildman–Crippen LogP) is 5.93. The Labute approximate surface area is 283 Å². The number of nitrogens with zero attached hydrogens (tertiary/aromatic N) is 3. The highest BCUT2D eigenvalue weighted by molar-refractivity contribution is 6.07. The van der Waals surface area contributed by atoms with E-state index in [1.165, 1.54) is 4.90 Å². The van der Waals surface area contributed by atoms with Crippen molar-refractivity contribution in [3.8, 4) is 0 Å². The van der Waals surface area contributed by atoms with Gasteiger partial charge >= 0.3 is 0 Å². The molecule has 0 aromatic heterocycles. The first kappa shape index (κ1) is 33.4. The Kier molecular flexibility index (Phi) is 9.16. The maximum Gasteiger partial charge on any atom is 0.253 e. The van der Waals surface area contributed by atoms with Gasteiger partial charge in [-0.15, -0.1) is 13.2 Å². The van der Waals surface area contributed by atoms with Crippen LogP contribution in [-0.4, -0.2) is 64.7 Å². The number of carbonyl (C=O) groups is 3. The first-order valence-electron chi connectivity index (χ1n) is 16.8. The second-order valence-corrected chi connectivity index (χ2v) is 13.2. The van der Waals surface area contributed by atoms with Gasteiger partial charge in [0.25, 0.3) is 5.91 Å². The third-order valence-corrected chi connectivity index (χ3v) is 10.7. The SMILES string of the molecule is C=CCN(C(=O)[C@@H]1[C@H]2C(=O)N([C@H](CO)c3ccccc3)C(C(=O)N(CC=C)c3c(C)cccc3C)C23CC[C@@]1(CC)O3)c1ccccc1. The summed E-state index contributed by atoms with van der Waals surface area (Å²) in [5.74, 6) is -2.66. The zero-order valence-corrected chi connectivity index (χ0v) is 28.0. The molecule has 2 unspecified atom stereocenters. The van der Waals surface area contributed by atoms with Gasteiger partial charge in [0.15, 0.2) is 0 Å². The van der Waals surface area contributed by atoms with E-state index >= 15 is 9.59 Å². The fourth-order valence-corrected chi connectivity index (χ4v) is 8.70. The number of aliphatic hydroxyl groups is 1. The number of fused-ring (bicyclic) bond motifs is 1. The molecule has 1 spiro atoms. The van der Waals surface area contributed by atoms with Crippen molar-refractivity contribution >= 4 is 29.1 Å². The van der Waals surface area contributed by atoms with Crippen molar-refractivity contribution in [2.75, 3.05) is 29.5 Å². The van der Waals surface area contributed by atoms with Gasteiger partial charge in [0.05, 0.1) is 30.1 Å². The summed E-state index contributed by atoms with van der Waals surface area (Å²) in [6.07, 6.45) is 4.82. The first-order chi connectivity index (χ1) is 23.2. The van der Waals surface area contributed by atoms with E-state index in [1.54, 1.807) is 22.0 Å². The number of para-hydroxylation sites is 2. The molecular weight excluding hydrogens is 602 g/mol. The molecule has 3 amide bonds. The van der Waals surface area contributed by atoms with E-state index in [1.807, 2.05) is 99.6 Å². The highest BCUT2D eigenvalue weighted by Gasteiger charge is 2.79. The number of carbonyl (C=O) groups excluding carboxylic acids is 3. The molecule has 48 heavy (non-hydrogen) atoms. The van der Waals surface area contributed by atoms with Crippen LogP contribution in [0.5, 0.6) is 0 Å². The van der Waals surface area contributed by atoms with Crippen molar-refractivity contribution in [1.82, 2.24) is 4.90 Å². The molecule has 3 aliphatic rings. The number of likely N-dealkylation sites (tertiary alicyclic amines) is 1. The largest absolute Gasteiger partial charge is 0.394 e. The lowest BCUT2D eigenvalue weighted by Gasteiger charge is -2.40. The second kappa shape index (κ2) is 13.2. The van der Waals surface area contributed by atoms with Crippen molar-refractivity contribution in [2.45, 2.75) is 63.3 Å². The third-order valence-electron chi connectivity index (χ3n) is 10.7. The lowest BCUT2D eigenvalue weighted by atomic mass is 9.64. The van der Waals surface area contributed by atoms with Crippen molar-refractivity contribution in [3.05, 3.63) is 121 Å². The van der Waals surface area contributed by atoms with Crippen LogP contribution in [0.15, 0.2) is 104 Å². The molecule has 3 fully saturated rings. The highest BCUT2D eigenvalue weighted by Crippen LogP contribution is 2.65. The highest BCUT2D eigenvalue weighted by atomic mass is 16.5. The van der Waals surface area contributed by atoms with Crippen molar-refractivity contribution < 1.29 is 24.2 Å². The summed E-state index contributed by atoms with van der Waals surface area (Å²) in [7, 11) is 0. The molecule has 0 radical (unpaired) electrons. The van der Waals surface area contributed by atoms with E-state index in [2.05, 4.69) is 13.2 Å². The number of rotatable bonds is 12. The fraction of sp³-hybridized carbons (Fsp3) is 0.375. The lowest BCUT2D eigenvalue weighted by molar-refractivity contribution is -0.149. The molecule has 6 atom stereocenters. The van der Waals surface area contributed by atoms with Gasteiger partial charge in [0, 0.05) is 24.5 Å². The molecule has 3 aromatic rings. The van der Waals surface area contributed by atoms with Crippen LogP contribution in [0.1, 0.15) is 48.9 Å². The monoisotopic (exact) mass is 647 g/mol. The minimum absolute atomic E-state index is 0.210. The summed E-state index contributed by atoms with van der Waals surface area (Å²) in [6, 6.07) is 22.6. The van der Waals surface area contributed by atoms with Crippen LogP contribution in [-0.2, 0) is 19.1 Å². The first-order valence-corrected chi connectivity index (χ1v) is 16.8. The Morgan fingerprint density at radius 2 is 1.52 bits per heavy atom. The van der Waals surface area contributed by atoms with Crippen LogP contribution < -0.4 is 9.80 Å². The van der Waals surface area contributed by atoms with Gasteiger partial charge in [-0.3, -0.25) is 14.4 Å². The van der Waals surface area contributed by atoms with E-state index in [0.29, 0.717) is 30.5 Å². The average Bonchev–Trinajstić information content (AvgIpc) is 3.71. The summed E-state index contributed by atoms with van der Waals surface area (Å²) in [4.78, 5) is 50.3. The summed E-state index contributed by atoms with van der Waals surface area (Å²) in [5.41, 5.74) is 1.76. The smallest absolute Gasteiger partial charge is 0.253 e. The predicted molar refractivity (Wildman–Crippen MR) is 187 cm³/mol. The molecule has 3 heterocycles. The number of amides is 3. The van der Waals surface area contributed by atoms with Gasteiger partial charge in [-0.1, -0.05) is 85.8 Å². The molecule has 0 aliphatic carbocycles. The Morgan fingerprint density at radius 1 is 0.917 bits per heavy atom. The summed E-state index contributed by atoms with van der Waals surface area (Å²) in [6.45, 7) is 13.8. The van der Waals surface area contributed by atoms with Crippen molar-refractivity contribution in [3.63, 3.8) is 0 Å². The van der Waals surface area contributed by atoms with Gasteiger partial charge in [0.1, 0.15) is 11.6 Å². The minimum Gasteiger partial charge on any atom is -0.394 e. The quantitative estimate of drug-likeness (QED) is 0.246. The number of benzene rings is 3. The van der Waals surface area contributed by atoms with E-state index in [4.69, 9.17) is 4.74 Å². The number of aliphatic hydroxyl groups excluding tert-OH is 1. The summed E-state index contributed by atoms with van der Waals surface area (Å²) >= 11 is 0. The summed E-state index contributed by atoms with van der Waals surface area (Å²) < 4.78 is 7.12. The number of anilines is 2.